The molecule has 0 radical (unpaired) electrons. The van der Waals surface area contributed by atoms with E-state index in [2.05, 4.69) is 63.7 Å². The summed E-state index contributed by atoms with van der Waals surface area (Å²) in [6, 6.07) is 6.80. The van der Waals surface area contributed by atoms with Crippen LogP contribution in [-0.2, 0) is 20.1 Å². The summed E-state index contributed by atoms with van der Waals surface area (Å²) < 4.78 is 2.27. The fourth-order valence-corrected chi connectivity index (χ4v) is 4.63. The number of nitrogens with zero attached hydrogens (tertiary/aromatic N) is 5. The number of rotatable bonds is 5. The quantitative estimate of drug-likeness (QED) is 0.812. The Hall–Kier alpha value is -1.72. The largest absolute Gasteiger partial charge is 0.317 e. The number of hydrogen-bond acceptors (Lipinski definition) is 4. The van der Waals surface area contributed by atoms with Gasteiger partial charge < -0.3 is 4.57 Å². The zero-order chi connectivity index (χ0) is 18.8. The minimum absolute atomic E-state index is 0.494. The van der Waals surface area contributed by atoms with Crippen molar-refractivity contribution in [3.05, 3.63) is 46.5 Å². The smallest absolute Gasteiger partial charge is 0.146 e. The fourth-order valence-electron chi connectivity index (χ4n) is 4.63. The maximum absolute atomic E-state index is 4.61. The van der Waals surface area contributed by atoms with Gasteiger partial charge in [0.15, 0.2) is 0 Å². The number of aromatic nitrogens is 3. The van der Waals surface area contributed by atoms with Gasteiger partial charge in [0.05, 0.1) is 6.54 Å². The van der Waals surface area contributed by atoms with Gasteiger partial charge in [0, 0.05) is 26.1 Å². The van der Waals surface area contributed by atoms with E-state index in [0.717, 1.165) is 25.5 Å². The third-order valence-electron chi connectivity index (χ3n) is 6.33. The highest BCUT2D eigenvalue weighted by Gasteiger charge is 2.26. The molecule has 0 aliphatic carbocycles. The van der Waals surface area contributed by atoms with Crippen molar-refractivity contribution in [3.63, 3.8) is 0 Å². The van der Waals surface area contributed by atoms with Crippen molar-refractivity contribution in [2.24, 2.45) is 7.05 Å². The van der Waals surface area contributed by atoms with Crippen LogP contribution in [-0.4, -0.2) is 50.7 Å². The Morgan fingerprint density at radius 3 is 2.56 bits per heavy atom. The van der Waals surface area contributed by atoms with E-state index in [4.69, 9.17) is 0 Å². The van der Waals surface area contributed by atoms with Crippen LogP contribution in [0.1, 0.15) is 59.9 Å². The van der Waals surface area contributed by atoms with E-state index in [-0.39, 0.29) is 0 Å². The van der Waals surface area contributed by atoms with Gasteiger partial charge in [-0.2, -0.15) is 0 Å². The van der Waals surface area contributed by atoms with Crippen molar-refractivity contribution in [3.8, 4) is 0 Å². The second kappa shape index (κ2) is 8.11. The highest BCUT2D eigenvalue weighted by molar-refractivity contribution is 5.30. The van der Waals surface area contributed by atoms with E-state index >= 15 is 0 Å². The number of piperidine rings is 1. The highest BCUT2D eigenvalue weighted by Crippen LogP contribution is 2.27. The molecule has 3 heterocycles. The zero-order valence-corrected chi connectivity index (χ0v) is 17.1. The van der Waals surface area contributed by atoms with Gasteiger partial charge in [-0.05, 0) is 70.3 Å². The van der Waals surface area contributed by atoms with Gasteiger partial charge in [0.2, 0.25) is 0 Å². The van der Waals surface area contributed by atoms with Gasteiger partial charge in [-0.1, -0.05) is 23.8 Å². The average molecular weight is 368 g/mol. The fraction of sp³-hybridized carbons (Fsp3) is 0.636. The first kappa shape index (κ1) is 18.6. The van der Waals surface area contributed by atoms with Crippen LogP contribution >= 0.6 is 0 Å². The first-order chi connectivity index (χ1) is 13.1. The molecule has 2 aliphatic rings. The van der Waals surface area contributed by atoms with Crippen LogP contribution in [0.4, 0.5) is 0 Å². The summed E-state index contributed by atoms with van der Waals surface area (Å²) in [6.07, 6.45) is 5.10. The molecule has 0 N–H and O–H groups in total. The van der Waals surface area contributed by atoms with Crippen molar-refractivity contribution >= 4 is 0 Å². The standard InChI is InChI=1S/C22H33N5/c1-17-8-9-18(2)20(13-17)15-27-12-6-7-19(14-27)22-24-23-21(25(22)3)16-26-10-4-5-11-26/h8-9,13,19H,4-7,10-12,14-16H2,1-3H3. The summed E-state index contributed by atoms with van der Waals surface area (Å²) in [6.45, 7) is 11.1. The highest BCUT2D eigenvalue weighted by atomic mass is 15.3. The zero-order valence-electron chi connectivity index (χ0n) is 17.1. The van der Waals surface area contributed by atoms with Crippen LogP contribution < -0.4 is 0 Å². The van der Waals surface area contributed by atoms with E-state index in [1.165, 1.54) is 67.8 Å². The van der Waals surface area contributed by atoms with Crippen LogP contribution in [0.2, 0.25) is 0 Å². The van der Waals surface area contributed by atoms with Crippen LogP contribution in [0.3, 0.4) is 0 Å². The predicted molar refractivity (Wildman–Crippen MR) is 109 cm³/mol. The first-order valence-corrected chi connectivity index (χ1v) is 10.5. The Labute approximate surface area is 163 Å². The van der Waals surface area contributed by atoms with Gasteiger partial charge in [-0.25, -0.2) is 0 Å². The van der Waals surface area contributed by atoms with Crippen molar-refractivity contribution < 1.29 is 0 Å². The molecule has 1 aromatic carbocycles. The Kier molecular flexibility index (Phi) is 5.60. The average Bonchev–Trinajstić information content (AvgIpc) is 3.29. The second-order valence-electron chi connectivity index (χ2n) is 8.52. The minimum Gasteiger partial charge on any atom is -0.317 e. The normalized spacial score (nSPS) is 21.8. The molecule has 1 unspecified atom stereocenters. The summed E-state index contributed by atoms with van der Waals surface area (Å²) in [5, 5.41) is 9.16. The molecule has 5 nitrogen and oxygen atoms in total. The molecule has 146 valence electrons. The molecule has 1 atom stereocenters. The first-order valence-electron chi connectivity index (χ1n) is 10.5. The van der Waals surface area contributed by atoms with Crippen molar-refractivity contribution in [1.82, 2.24) is 24.6 Å². The lowest BCUT2D eigenvalue weighted by Gasteiger charge is -2.32. The van der Waals surface area contributed by atoms with E-state index in [1.54, 1.807) is 0 Å². The topological polar surface area (TPSA) is 37.2 Å². The van der Waals surface area contributed by atoms with Crippen molar-refractivity contribution in [2.75, 3.05) is 26.2 Å². The summed E-state index contributed by atoms with van der Waals surface area (Å²) >= 11 is 0. The van der Waals surface area contributed by atoms with E-state index in [9.17, 15) is 0 Å². The molecule has 2 aromatic rings. The second-order valence-corrected chi connectivity index (χ2v) is 8.52. The third kappa shape index (κ3) is 4.25. The van der Waals surface area contributed by atoms with E-state index < -0.39 is 0 Å². The number of likely N-dealkylation sites (tertiary alicyclic amines) is 2. The van der Waals surface area contributed by atoms with E-state index in [1.807, 2.05) is 0 Å². The van der Waals surface area contributed by atoms with Gasteiger partial charge in [-0.3, -0.25) is 9.80 Å². The Balaban J connectivity index is 1.43. The summed E-state index contributed by atoms with van der Waals surface area (Å²) in [5.41, 5.74) is 4.21. The molecule has 2 fully saturated rings. The molecular formula is C22H33N5. The third-order valence-corrected chi connectivity index (χ3v) is 6.33. The predicted octanol–water partition coefficient (Wildman–Crippen LogP) is 3.41. The maximum atomic E-state index is 4.61. The monoisotopic (exact) mass is 367 g/mol. The van der Waals surface area contributed by atoms with Crippen LogP contribution in [0.15, 0.2) is 18.2 Å². The molecule has 5 heteroatoms. The molecule has 2 aliphatic heterocycles. The maximum Gasteiger partial charge on any atom is 0.146 e. The lowest BCUT2D eigenvalue weighted by atomic mass is 9.96. The number of hydrogen-bond donors (Lipinski definition) is 0. The summed E-state index contributed by atoms with van der Waals surface area (Å²) in [4.78, 5) is 5.10. The van der Waals surface area contributed by atoms with Gasteiger partial charge in [-0.15, -0.1) is 10.2 Å². The van der Waals surface area contributed by atoms with Crippen molar-refractivity contribution in [2.45, 2.75) is 58.5 Å². The number of benzene rings is 1. The summed E-state index contributed by atoms with van der Waals surface area (Å²) in [5.74, 6) is 2.79. The Morgan fingerprint density at radius 2 is 1.74 bits per heavy atom. The number of aryl methyl sites for hydroxylation is 2. The molecule has 0 spiro atoms. The molecule has 0 bridgehead atoms. The van der Waals surface area contributed by atoms with Crippen LogP contribution in [0.25, 0.3) is 0 Å². The molecular weight excluding hydrogens is 334 g/mol. The molecule has 0 amide bonds. The van der Waals surface area contributed by atoms with Crippen molar-refractivity contribution in [1.29, 1.82) is 0 Å². The van der Waals surface area contributed by atoms with Gasteiger partial charge in [0.25, 0.3) is 0 Å². The van der Waals surface area contributed by atoms with Gasteiger partial charge >= 0.3 is 0 Å². The Morgan fingerprint density at radius 1 is 0.963 bits per heavy atom. The van der Waals surface area contributed by atoms with Gasteiger partial charge in [0.1, 0.15) is 11.6 Å². The SMILES string of the molecule is Cc1ccc(C)c(CN2CCCC(c3nnc(CN4CCCC4)n3C)C2)c1. The molecule has 0 saturated carbocycles. The van der Waals surface area contributed by atoms with Crippen LogP contribution in [0, 0.1) is 13.8 Å². The lowest BCUT2D eigenvalue weighted by molar-refractivity contribution is 0.194. The van der Waals surface area contributed by atoms with E-state index in [0.29, 0.717) is 5.92 Å². The minimum atomic E-state index is 0.494. The molecule has 27 heavy (non-hydrogen) atoms. The van der Waals surface area contributed by atoms with Crippen LogP contribution in [0.5, 0.6) is 0 Å². The Bertz CT molecular complexity index is 775. The molecule has 1 aromatic heterocycles. The summed E-state index contributed by atoms with van der Waals surface area (Å²) in [7, 11) is 2.16. The lowest BCUT2D eigenvalue weighted by Crippen LogP contribution is -2.35. The molecule has 4 rings (SSSR count). The molecule has 2 saturated heterocycles.